The lowest BCUT2D eigenvalue weighted by Gasteiger charge is -2.08. The summed E-state index contributed by atoms with van der Waals surface area (Å²) in [6.07, 6.45) is 2.14. The molecular weight excluding hydrogens is 262 g/mol. The third-order valence-electron chi connectivity index (χ3n) is 3.24. The fraction of sp³-hybridized carbons (Fsp3) is 0.111. The quantitative estimate of drug-likeness (QED) is 0.717. The molecule has 0 bridgehead atoms. The number of ketones is 1. The lowest BCUT2D eigenvalue weighted by atomic mass is 10.1. The number of ether oxygens (including phenoxy) is 1. The Morgan fingerprint density at radius 1 is 0.952 bits per heavy atom. The molecule has 3 rings (SSSR count). The number of hydrogen-bond donors (Lipinski definition) is 0. The van der Waals surface area contributed by atoms with E-state index < -0.39 is 0 Å². The van der Waals surface area contributed by atoms with Crippen molar-refractivity contribution >= 4 is 16.7 Å². The van der Waals surface area contributed by atoms with Crippen LogP contribution in [0.1, 0.15) is 5.56 Å². The average molecular weight is 277 g/mol. The van der Waals surface area contributed by atoms with Crippen molar-refractivity contribution in [1.29, 1.82) is 0 Å². The summed E-state index contributed by atoms with van der Waals surface area (Å²) in [6.45, 7) is 0.0723. The predicted octanol–water partition coefficient (Wildman–Crippen LogP) is 3.43. The second-order valence-electron chi connectivity index (χ2n) is 4.82. The third kappa shape index (κ3) is 3.26. The monoisotopic (exact) mass is 277 g/mol. The molecule has 3 nitrogen and oxygen atoms in total. The van der Waals surface area contributed by atoms with Crippen molar-refractivity contribution < 1.29 is 9.53 Å². The van der Waals surface area contributed by atoms with Crippen LogP contribution in [0.3, 0.4) is 0 Å². The van der Waals surface area contributed by atoms with E-state index in [-0.39, 0.29) is 12.4 Å². The van der Waals surface area contributed by atoms with Gasteiger partial charge in [-0.15, -0.1) is 0 Å². The molecule has 21 heavy (non-hydrogen) atoms. The number of carbonyl (C=O) groups is 1. The summed E-state index contributed by atoms with van der Waals surface area (Å²) < 4.78 is 5.66. The highest BCUT2D eigenvalue weighted by atomic mass is 16.5. The number of rotatable bonds is 5. The van der Waals surface area contributed by atoms with Crippen LogP contribution in [0.4, 0.5) is 0 Å². The highest BCUT2D eigenvalue weighted by Crippen LogP contribution is 2.23. The summed E-state index contributed by atoms with van der Waals surface area (Å²) in [6, 6.07) is 19.2. The van der Waals surface area contributed by atoms with Gasteiger partial charge < -0.3 is 4.74 Å². The number of aromatic nitrogens is 1. The first-order chi connectivity index (χ1) is 10.3. The minimum atomic E-state index is 0.0575. The SMILES string of the molecule is O=C(COc1cccc2ncccc12)Cc1ccccc1. The molecule has 0 N–H and O–H groups in total. The van der Waals surface area contributed by atoms with Gasteiger partial charge in [0.1, 0.15) is 12.4 Å². The molecule has 3 heteroatoms. The Balaban J connectivity index is 1.68. The molecule has 1 heterocycles. The molecule has 0 aliphatic carbocycles. The second kappa shape index (κ2) is 6.18. The van der Waals surface area contributed by atoms with Crippen LogP contribution in [0.2, 0.25) is 0 Å². The van der Waals surface area contributed by atoms with Gasteiger partial charge in [0.05, 0.1) is 5.52 Å². The molecule has 0 aliphatic heterocycles. The van der Waals surface area contributed by atoms with Crippen LogP contribution in [0.5, 0.6) is 5.75 Å². The molecule has 0 atom stereocenters. The molecule has 0 fully saturated rings. The standard InChI is InChI=1S/C18H15NO2/c20-15(12-14-6-2-1-3-7-14)13-21-18-10-4-9-17-16(18)8-5-11-19-17/h1-11H,12-13H2. The maximum Gasteiger partial charge on any atom is 0.174 e. The first-order valence-corrected chi connectivity index (χ1v) is 6.85. The van der Waals surface area contributed by atoms with Crippen molar-refractivity contribution in [3.05, 3.63) is 72.4 Å². The zero-order chi connectivity index (χ0) is 14.5. The summed E-state index contributed by atoms with van der Waals surface area (Å²) in [7, 11) is 0. The fourth-order valence-corrected chi connectivity index (χ4v) is 2.23. The number of Topliss-reactive ketones (excluding diaryl/α,β-unsaturated/α-hetero) is 1. The Bertz CT molecular complexity index is 748. The van der Waals surface area contributed by atoms with Gasteiger partial charge in [-0.1, -0.05) is 36.4 Å². The number of benzene rings is 2. The molecule has 0 saturated heterocycles. The number of hydrogen-bond acceptors (Lipinski definition) is 3. The summed E-state index contributed by atoms with van der Waals surface area (Å²) in [5, 5.41) is 0.924. The Labute approximate surface area is 123 Å². The summed E-state index contributed by atoms with van der Waals surface area (Å²) in [4.78, 5) is 16.3. The highest BCUT2D eigenvalue weighted by molar-refractivity contribution is 5.86. The number of carbonyl (C=O) groups excluding carboxylic acids is 1. The van der Waals surface area contributed by atoms with Gasteiger partial charge in [0.15, 0.2) is 5.78 Å². The number of nitrogens with zero attached hydrogens (tertiary/aromatic N) is 1. The predicted molar refractivity (Wildman–Crippen MR) is 82.4 cm³/mol. The third-order valence-corrected chi connectivity index (χ3v) is 3.24. The van der Waals surface area contributed by atoms with Crippen molar-refractivity contribution in [3.8, 4) is 5.75 Å². The molecule has 0 saturated carbocycles. The molecule has 104 valence electrons. The van der Waals surface area contributed by atoms with Crippen LogP contribution in [0.25, 0.3) is 10.9 Å². The molecular formula is C18H15NO2. The first-order valence-electron chi connectivity index (χ1n) is 6.85. The van der Waals surface area contributed by atoms with Gasteiger partial charge >= 0.3 is 0 Å². The van der Waals surface area contributed by atoms with Crippen LogP contribution in [0.15, 0.2) is 66.9 Å². The summed E-state index contributed by atoms with van der Waals surface area (Å²) >= 11 is 0. The van der Waals surface area contributed by atoms with E-state index in [1.54, 1.807) is 6.20 Å². The minimum Gasteiger partial charge on any atom is -0.485 e. The molecule has 1 aromatic heterocycles. The smallest absolute Gasteiger partial charge is 0.174 e. The van der Waals surface area contributed by atoms with Crippen LogP contribution in [-0.2, 0) is 11.2 Å². The van der Waals surface area contributed by atoms with Crippen molar-refractivity contribution in [2.45, 2.75) is 6.42 Å². The zero-order valence-electron chi connectivity index (χ0n) is 11.5. The van der Waals surface area contributed by atoms with E-state index in [1.165, 1.54) is 0 Å². The average Bonchev–Trinajstić information content (AvgIpc) is 2.54. The first kappa shape index (κ1) is 13.3. The number of fused-ring (bicyclic) bond motifs is 1. The van der Waals surface area contributed by atoms with Gasteiger partial charge in [-0.25, -0.2) is 0 Å². The van der Waals surface area contributed by atoms with Gasteiger partial charge in [0, 0.05) is 18.0 Å². The van der Waals surface area contributed by atoms with Gasteiger partial charge in [-0.05, 0) is 29.8 Å². The van der Waals surface area contributed by atoms with Crippen molar-refractivity contribution in [2.75, 3.05) is 6.61 Å². The fourth-order valence-electron chi connectivity index (χ4n) is 2.23. The van der Waals surface area contributed by atoms with E-state index in [4.69, 9.17) is 4.74 Å². The van der Waals surface area contributed by atoms with E-state index in [1.807, 2.05) is 60.7 Å². The number of pyridine rings is 1. The molecule has 0 unspecified atom stereocenters. The summed E-state index contributed by atoms with van der Waals surface area (Å²) in [5.41, 5.74) is 1.87. The highest BCUT2D eigenvalue weighted by Gasteiger charge is 2.07. The van der Waals surface area contributed by atoms with Crippen molar-refractivity contribution in [2.24, 2.45) is 0 Å². The maximum atomic E-state index is 12.0. The van der Waals surface area contributed by atoms with Crippen LogP contribution >= 0.6 is 0 Å². The van der Waals surface area contributed by atoms with E-state index in [9.17, 15) is 4.79 Å². The zero-order valence-corrected chi connectivity index (χ0v) is 11.5. The van der Waals surface area contributed by atoms with Crippen LogP contribution in [-0.4, -0.2) is 17.4 Å². The van der Waals surface area contributed by atoms with Crippen molar-refractivity contribution in [3.63, 3.8) is 0 Å². The van der Waals surface area contributed by atoms with Gasteiger partial charge in [-0.3, -0.25) is 9.78 Å². The molecule has 3 aromatic rings. The Hall–Kier alpha value is -2.68. The summed E-state index contributed by atoms with van der Waals surface area (Å²) in [5.74, 6) is 0.754. The Morgan fingerprint density at radius 2 is 1.81 bits per heavy atom. The normalized spacial score (nSPS) is 10.5. The van der Waals surface area contributed by atoms with Gasteiger partial charge in [0.25, 0.3) is 0 Å². The van der Waals surface area contributed by atoms with Crippen LogP contribution in [0, 0.1) is 0 Å². The van der Waals surface area contributed by atoms with Crippen LogP contribution < -0.4 is 4.74 Å². The Kier molecular flexibility index (Phi) is 3.92. The molecule has 0 aliphatic rings. The maximum absolute atomic E-state index is 12.0. The molecule has 0 spiro atoms. The topological polar surface area (TPSA) is 39.2 Å². The minimum absolute atomic E-state index is 0.0575. The van der Waals surface area contributed by atoms with E-state index >= 15 is 0 Å². The largest absolute Gasteiger partial charge is 0.485 e. The second-order valence-corrected chi connectivity index (χ2v) is 4.82. The van der Waals surface area contributed by atoms with Gasteiger partial charge in [0.2, 0.25) is 0 Å². The van der Waals surface area contributed by atoms with Gasteiger partial charge in [-0.2, -0.15) is 0 Å². The lowest BCUT2D eigenvalue weighted by Crippen LogP contribution is -2.13. The molecule has 0 amide bonds. The van der Waals surface area contributed by atoms with E-state index in [0.29, 0.717) is 12.2 Å². The molecule has 0 radical (unpaired) electrons. The lowest BCUT2D eigenvalue weighted by molar-refractivity contribution is -0.120. The van der Waals surface area contributed by atoms with Crippen molar-refractivity contribution in [1.82, 2.24) is 4.98 Å². The van der Waals surface area contributed by atoms with E-state index in [0.717, 1.165) is 16.5 Å². The molecule has 2 aromatic carbocycles. The Morgan fingerprint density at radius 3 is 2.67 bits per heavy atom. The van der Waals surface area contributed by atoms with E-state index in [2.05, 4.69) is 4.98 Å².